The van der Waals surface area contributed by atoms with Crippen LogP contribution in [0.15, 0.2) is 18.2 Å². The second kappa shape index (κ2) is 6.50. The van der Waals surface area contributed by atoms with Crippen LogP contribution in [0.4, 0.5) is 0 Å². The Labute approximate surface area is 107 Å². The molecule has 1 rings (SSSR count). The molecule has 0 atom stereocenters. The average molecular weight is 256 g/mol. The Bertz CT molecular complexity index is 393. The number of amides is 1. The Kier molecular flexibility index (Phi) is 5.29. The maximum Gasteiger partial charge on any atom is 0.257 e. The lowest BCUT2D eigenvalue weighted by molar-refractivity contribution is 0.0762. The quantitative estimate of drug-likeness (QED) is 0.822. The van der Waals surface area contributed by atoms with Crippen molar-refractivity contribution >= 4 is 17.5 Å². The Hall–Kier alpha value is -1.22. The number of carbonyl (C=O) groups excluding carboxylic acids is 1. The van der Waals surface area contributed by atoms with Gasteiger partial charge in [-0.3, -0.25) is 4.79 Å². The van der Waals surface area contributed by atoms with E-state index in [0.717, 1.165) is 12.0 Å². The molecule has 0 unspecified atom stereocenters. The Morgan fingerprint density at radius 2 is 2.18 bits per heavy atom. The highest BCUT2D eigenvalue weighted by Gasteiger charge is 2.17. The van der Waals surface area contributed by atoms with E-state index >= 15 is 0 Å². The summed E-state index contributed by atoms with van der Waals surface area (Å²) in [7, 11) is 0. The third kappa shape index (κ3) is 3.63. The van der Waals surface area contributed by atoms with E-state index in [1.165, 1.54) is 0 Å². The zero-order valence-electron chi connectivity index (χ0n) is 10.2. The van der Waals surface area contributed by atoms with E-state index in [4.69, 9.17) is 11.6 Å². The molecule has 17 heavy (non-hydrogen) atoms. The highest BCUT2D eigenvalue weighted by molar-refractivity contribution is 6.17. The number of halogens is 1. The third-order valence-electron chi connectivity index (χ3n) is 2.61. The summed E-state index contributed by atoms with van der Waals surface area (Å²) in [4.78, 5) is 13.8. The van der Waals surface area contributed by atoms with E-state index in [1.54, 1.807) is 17.0 Å². The fraction of sp³-hybridized carbons (Fsp3) is 0.462. The molecule has 0 aromatic heterocycles. The molecule has 0 saturated carbocycles. The van der Waals surface area contributed by atoms with Crippen molar-refractivity contribution in [3.63, 3.8) is 0 Å². The van der Waals surface area contributed by atoms with Crippen molar-refractivity contribution in [2.75, 3.05) is 19.0 Å². The molecule has 1 amide bonds. The van der Waals surface area contributed by atoms with Gasteiger partial charge in [-0.15, -0.1) is 11.6 Å². The molecule has 1 N–H and O–H groups in total. The normalized spacial score (nSPS) is 10.3. The van der Waals surface area contributed by atoms with Crippen LogP contribution in [0.1, 0.15) is 29.3 Å². The van der Waals surface area contributed by atoms with Crippen LogP contribution in [0.2, 0.25) is 0 Å². The molecule has 0 bridgehead atoms. The number of carbonyl (C=O) groups is 1. The molecule has 0 aliphatic rings. The SMILES string of the molecule is CCN(CCCCl)C(=O)c1ccc(C)cc1O. The van der Waals surface area contributed by atoms with Crippen LogP contribution in [-0.4, -0.2) is 34.9 Å². The van der Waals surface area contributed by atoms with E-state index in [1.807, 2.05) is 19.9 Å². The maximum absolute atomic E-state index is 12.1. The van der Waals surface area contributed by atoms with Gasteiger partial charge in [-0.1, -0.05) is 6.07 Å². The largest absolute Gasteiger partial charge is 0.507 e. The first-order valence-corrected chi connectivity index (χ1v) is 6.28. The summed E-state index contributed by atoms with van der Waals surface area (Å²) in [6, 6.07) is 5.08. The number of hydrogen-bond donors (Lipinski definition) is 1. The van der Waals surface area contributed by atoms with Crippen molar-refractivity contribution in [2.45, 2.75) is 20.3 Å². The summed E-state index contributed by atoms with van der Waals surface area (Å²) in [5, 5.41) is 9.76. The van der Waals surface area contributed by atoms with Gasteiger partial charge in [0.05, 0.1) is 5.56 Å². The van der Waals surface area contributed by atoms with Gasteiger partial charge in [-0.2, -0.15) is 0 Å². The molecular formula is C13H18ClNO2. The first kappa shape index (κ1) is 13.8. The lowest BCUT2D eigenvalue weighted by Gasteiger charge is -2.21. The monoisotopic (exact) mass is 255 g/mol. The first-order valence-electron chi connectivity index (χ1n) is 5.75. The van der Waals surface area contributed by atoms with Gasteiger partial charge in [0.25, 0.3) is 5.91 Å². The van der Waals surface area contributed by atoms with Crippen molar-refractivity contribution < 1.29 is 9.90 Å². The Morgan fingerprint density at radius 1 is 1.47 bits per heavy atom. The smallest absolute Gasteiger partial charge is 0.257 e. The van der Waals surface area contributed by atoms with E-state index < -0.39 is 0 Å². The number of phenols is 1. The van der Waals surface area contributed by atoms with Crippen LogP contribution >= 0.6 is 11.6 Å². The van der Waals surface area contributed by atoms with Crippen molar-refractivity contribution in [3.8, 4) is 5.75 Å². The van der Waals surface area contributed by atoms with Gasteiger partial charge in [0.1, 0.15) is 5.75 Å². The summed E-state index contributed by atoms with van der Waals surface area (Å²) >= 11 is 5.62. The van der Waals surface area contributed by atoms with Crippen LogP contribution in [0.3, 0.4) is 0 Å². The van der Waals surface area contributed by atoms with Gasteiger partial charge in [0.15, 0.2) is 0 Å². The molecule has 94 valence electrons. The van der Waals surface area contributed by atoms with Crippen LogP contribution in [-0.2, 0) is 0 Å². The molecule has 0 aliphatic heterocycles. The molecule has 1 aromatic rings. The fourth-order valence-corrected chi connectivity index (χ4v) is 1.77. The summed E-state index contributed by atoms with van der Waals surface area (Å²) in [6.45, 7) is 5.02. The molecule has 4 heteroatoms. The summed E-state index contributed by atoms with van der Waals surface area (Å²) in [6.07, 6.45) is 0.758. The molecule has 0 spiro atoms. The fourth-order valence-electron chi connectivity index (χ4n) is 1.65. The topological polar surface area (TPSA) is 40.5 Å². The van der Waals surface area contributed by atoms with E-state index in [9.17, 15) is 9.90 Å². The average Bonchev–Trinajstić information content (AvgIpc) is 2.29. The van der Waals surface area contributed by atoms with E-state index in [0.29, 0.717) is 24.5 Å². The number of phenolic OH excluding ortho intramolecular Hbond substituents is 1. The molecule has 0 fully saturated rings. The number of hydrogen-bond acceptors (Lipinski definition) is 2. The van der Waals surface area contributed by atoms with Crippen LogP contribution in [0.25, 0.3) is 0 Å². The van der Waals surface area contributed by atoms with Crippen molar-refractivity contribution in [1.29, 1.82) is 0 Å². The van der Waals surface area contributed by atoms with Crippen molar-refractivity contribution in [3.05, 3.63) is 29.3 Å². The lowest BCUT2D eigenvalue weighted by Crippen LogP contribution is -2.32. The van der Waals surface area contributed by atoms with Gasteiger partial charge in [0, 0.05) is 19.0 Å². The number of aromatic hydroxyl groups is 1. The zero-order valence-corrected chi connectivity index (χ0v) is 11.0. The molecule has 0 radical (unpaired) electrons. The Morgan fingerprint density at radius 3 is 2.71 bits per heavy atom. The minimum absolute atomic E-state index is 0.0410. The van der Waals surface area contributed by atoms with E-state index in [-0.39, 0.29) is 11.7 Å². The molecule has 0 saturated heterocycles. The van der Waals surface area contributed by atoms with Gasteiger partial charge >= 0.3 is 0 Å². The summed E-state index contributed by atoms with van der Waals surface area (Å²) < 4.78 is 0. The summed E-state index contributed by atoms with van der Waals surface area (Å²) in [5.74, 6) is 0.429. The van der Waals surface area contributed by atoms with Crippen LogP contribution in [0.5, 0.6) is 5.75 Å². The predicted octanol–water partition coefficient (Wildman–Crippen LogP) is 2.79. The van der Waals surface area contributed by atoms with Crippen LogP contribution in [0, 0.1) is 6.92 Å². The van der Waals surface area contributed by atoms with Gasteiger partial charge < -0.3 is 10.0 Å². The predicted molar refractivity (Wildman–Crippen MR) is 69.8 cm³/mol. The molecule has 0 aliphatic carbocycles. The van der Waals surface area contributed by atoms with Gasteiger partial charge in [0.2, 0.25) is 0 Å². The second-order valence-electron chi connectivity index (χ2n) is 3.95. The van der Waals surface area contributed by atoms with Crippen molar-refractivity contribution in [1.82, 2.24) is 4.90 Å². The van der Waals surface area contributed by atoms with Gasteiger partial charge in [-0.05, 0) is 38.0 Å². The van der Waals surface area contributed by atoms with Crippen LogP contribution < -0.4 is 0 Å². The van der Waals surface area contributed by atoms with Gasteiger partial charge in [-0.25, -0.2) is 0 Å². The number of nitrogens with zero attached hydrogens (tertiary/aromatic N) is 1. The molecular weight excluding hydrogens is 238 g/mol. The molecule has 1 aromatic carbocycles. The highest BCUT2D eigenvalue weighted by atomic mass is 35.5. The zero-order chi connectivity index (χ0) is 12.8. The number of aryl methyl sites for hydroxylation is 1. The molecule has 0 heterocycles. The van der Waals surface area contributed by atoms with E-state index in [2.05, 4.69) is 0 Å². The minimum Gasteiger partial charge on any atom is -0.507 e. The lowest BCUT2D eigenvalue weighted by atomic mass is 10.1. The maximum atomic E-state index is 12.1. The number of rotatable bonds is 5. The number of alkyl halides is 1. The second-order valence-corrected chi connectivity index (χ2v) is 4.33. The van der Waals surface area contributed by atoms with Crippen molar-refractivity contribution in [2.24, 2.45) is 0 Å². The highest BCUT2D eigenvalue weighted by Crippen LogP contribution is 2.20. The standard InChI is InChI=1S/C13H18ClNO2/c1-3-15(8-4-7-14)13(17)11-6-5-10(2)9-12(11)16/h5-6,9,16H,3-4,7-8H2,1-2H3. The minimum atomic E-state index is -0.143. The first-order chi connectivity index (χ1) is 8.10. The Balaban J connectivity index is 2.86. The molecule has 3 nitrogen and oxygen atoms in total. The summed E-state index contributed by atoms with van der Waals surface area (Å²) in [5.41, 5.74) is 1.29. The third-order valence-corrected chi connectivity index (χ3v) is 2.88. The number of benzene rings is 1.